The molecular formula is C3H5N3O. The minimum absolute atomic E-state index is 0.461. The second-order valence-corrected chi connectivity index (χ2v) is 1.19. The summed E-state index contributed by atoms with van der Waals surface area (Å²) in [5, 5.41) is 11.7. The molecule has 0 fully saturated rings. The van der Waals surface area contributed by atoms with E-state index in [1.165, 1.54) is 12.4 Å². The fourth-order valence-electron chi connectivity index (χ4n) is 0.326. The van der Waals surface area contributed by atoms with Crippen LogP contribution in [0.5, 0.6) is 0 Å². The number of hydrogen-bond donors (Lipinski definition) is 2. The van der Waals surface area contributed by atoms with Crippen LogP contribution in [0.4, 0.5) is 5.69 Å². The van der Waals surface area contributed by atoms with Crippen molar-refractivity contribution >= 4 is 5.69 Å². The molecule has 38 valence electrons. The summed E-state index contributed by atoms with van der Waals surface area (Å²) < 4.78 is 0. The first kappa shape index (κ1) is 3.98. The molecule has 0 spiro atoms. The van der Waals surface area contributed by atoms with Gasteiger partial charge < -0.3 is 10.9 Å². The van der Waals surface area contributed by atoms with Crippen molar-refractivity contribution in [2.75, 3.05) is 5.73 Å². The van der Waals surface area contributed by atoms with Crippen LogP contribution in [0, 0.1) is 0 Å². The predicted octanol–water partition coefficient (Wildman–Crippen LogP) is -0.297. The van der Waals surface area contributed by atoms with E-state index < -0.39 is 0 Å². The molecule has 0 aromatic carbocycles. The van der Waals surface area contributed by atoms with E-state index in [0.29, 0.717) is 10.5 Å². The van der Waals surface area contributed by atoms with Gasteiger partial charge in [-0.25, -0.2) is 0 Å². The maximum atomic E-state index is 8.38. The summed E-state index contributed by atoms with van der Waals surface area (Å²) in [4.78, 5) is 0.662. The SMILES string of the molecule is Nc1cnn(O)c1. The first-order chi connectivity index (χ1) is 3.29. The van der Waals surface area contributed by atoms with Gasteiger partial charge in [-0.3, -0.25) is 0 Å². The highest BCUT2D eigenvalue weighted by Crippen LogP contribution is 1.92. The van der Waals surface area contributed by atoms with Gasteiger partial charge in [0.25, 0.3) is 0 Å². The van der Waals surface area contributed by atoms with E-state index in [-0.39, 0.29) is 0 Å². The Bertz CT molecular complexity index is 142. The Balaban J connectivity index is 3.04. The summed E-state index contributed by atoms with van der Waals surface area (Å²) in [5.41, 5.74) is 5.60. The second-order valence-electron chi connectivity index (χ2n) is 1.19. The van der Waals surface area contributed by atoms with E-state index in [4.69, 9.17) is 10.9 Å². The van der Waals surface area contributed by atoms with Gasteiger partial charge in [0.2, 0.25) is 0 Å². The van der Waals surface area contributed by atoms with E-state index in [9.17, 15) is 0 Å². The number of rotatable bonds is 0. The first-order valence-corrected chi connectivity index (χ1v) is 1.78. The lowest BCUT2D eigenvalue weighted by Gasteiger charge is -1.77. The Morgan fingerprint density at radius 1 is 1.86 bits per heavy atom. The molecule has 0 aliphatic heterocycles. The molecule has 0 atom stereocenters. The Kier molecular flexibility index (Phi) is 0.651. The summed E-state index contributed by atoms with van der Waals surface area (Å²) in [5.74, 6) is 0. The average molecular weight is 99.1 g/mol. The molecule has 3 N–H and O–H groups in total. The second kappa shape index (κ2) is 1.14. The van der Waals surface area contributed by atoms with Gasteiger partial charge in [0.1, 0.15) is 0 Å². The maximum Gasteiger partial charge on any atom is 0.0894 e. The van der Waals surface area contributed by atoms with E-state index in [0.717, 1.165) is 0 Å². The zero-order valence-electron chi connectivity index (χ0n) is 3.57. The summed E-state index contributed by atoms with van der Waals surface area (Å²) in [6.07, 6.45) is 2.67. The third-order valence-electron chi connectivity index (χ3n) is 0.590. The van der Waals surface area contributed by atoms with Gasteiger partial charge in [0, 0.05) is 0 Å². The fraction of sp³-hybridized carbons (Fsp3) is 0. The van der Waals surface area contributed by atoms with Crippen LogP contribution in [0.1, 0.15) is 0 Å². The molecule has 4 nitrogen and oxygen atoms in total. The molecular weight excluding hydrogens is 94.1 g/mol. The van der Waals surface area contributed by atoms with Gasteiger partial charge in [-0.1, -0.05) is 0 Å². The number of nitrogens with two attached hydrogens (primary N) is 1. The molecule has 0 aliphatic rings. The smallest absolute Gasteiger partial charge is 0.0894 e. The molecule has 0 bridgehead atoms. The Labute approximate surface area is 40.1 Å². The average Bonchev–Trinajstić information content (AvgIpc) is 1.87. The van der Waals surface area contributed by atoms with Gasteiger partial charge >= 0.3 is 0 Å². The molecule has 0 saturated carbocycles. The van der Waals surface area contributed by atoms with Crippen LogP contribution in [0.25, 0.3) is 0 Å². The number of anilines is 1. The monoisotopic (exact) mass is 99.0 g/mol. The summed E-state index contributed by atoms with van der Waals surface area (Å²) >= 11 is 0. The molecule has 0 aliphatic carbocycles. The fourth-order valence-corrected chi connectivity index (χ4v) is 0.326. The summed E-state index contributed by atoms with van der Waals surface area (Å²) in [6, 6.07) is 0. The van der Waals surface area contributed by atoms with Crippen LogP contribution >= 0.6 is 0 Å². The quantitative estimate of drug-likeness (QED) is 0.439. The molecule has 1 aromatic heterocycles. The van der Waals surface area contributed by atoms with Crippen molar-refractivity contribution in [2.24, 2.45) is 0 Å². The molecule has 0 radical (unpaired) electrons. The minimum atomic E-state index is 0.461. The van der Waals surface area contributed by atoms with Crippen molar-refractivity contribution in [1.29, 1.82) is 0 Å². The lowest BCUT2D eigenvalue weighted by atomic mass is 10.6. The Hall–Kier alpha value is -1.19. The standard InChI is InChI=1S/C3H5N3O/c4-3-1-5-6(7)2-3/h1-2,7H,4H2. The highest BCUT2D eigenvalue weighted by molar-refractivity contribution is 5.29. The van der Waals surface area contributed by atoms with Crippen LogP contribution in [0.15, 0.2) is 12.4 Å². The first-order valence-electron chi connectivity index (χ1n) is 1.78. The van der Waals surface area contributed by atoms with Crippen molar-refractivity contribution in [1.82, 2.24) is 9.94 Å². The van der Waals surface area contributed by atoms with Crippen molar-refractivity contribution in [3.63, 3.8) is 0 Å². The Morgan fingerprint density at radius 3 is 2.71 bits per heavy atom. The molecule has 0 amide bonds. The highest BCUT2D eigenvalue weighted by Gasteiger charge is 1.84. The molecule has 7 heavy (non-hydrogen) atoms. The van der Waals surface area contributed by atoms with Crippen molar-refractivity contribution in [3.8, 4) is 0 Å². The van der Waals surface area contributed by atoms with Gasteiger partial charge in [-0.2, -0.15) is 0 Å². The zero-order chi connectivity index (χ0) is 5.28. The van der Waals surface area contributed by atoms with E-state index >= 15 is 0 Å². The lowest BCUT2D eigenvalue weighted by molar-refractivity contribution is 0.149. The molecule has 4 heteroatoms. The normalized spacial score (nSPS) is 9.14. The third kappa shape index (κ3) is 0.623. The van der Waals surface area contributed by atoms with Gasteiger partial charge in [-0.15, -0.1) is 9.94 Å². The van der Waals surface area contributed by atoms with Crippen molar-refractivity contribution in [2.45, 2.75) is 0 Å². The largest absolute Gasteiger partial charge is 0.412 e. The van der Waals surface area contributed by atoms with Crippen molar-refractivity contribution in [3.05, 3.63) is 12.4 Å². The van der Waals surface area contributed by atoms with Gasteiger partial charge in [0.15, 0.2) is 0 Å². The van der Waals surface area contributed by atoms with E-state index in [1.807, 2.05) is 0 Å². The molecule has 0 saturated heterocycles. The number of hydrogen-bond acceptors (Lipinski definition) is 3. The van der Waals surface area contributed by atoms with Crippen LogP contribution in [0.3, 0.4) is 0 Å². The molecule has 1 aromatic rings. The van der Waals surface area contributed by atoms with Gasteiger partial charge in [0.05, 0.1) is 18.1 Å². The maximum absolute atomic E-state index is 8.38. The highest BCUT2D eigenvalue weighted by atomic mass is 16.5. The number of nitrogens with zero attached hydrogens (tertiary/aromatic N) is 2. The van der Waals surface area contributed by atoms with Crippen LogP contribution in [-0.2, 0) is 0 Å². The van der Waals surface area contributed by atoms with Crippen LogP contribution < -0.4 is 5.73 Å². The molecule has 0 unspecified atom stereocenters. The third-order valence-corrected chi connectivity index (χ3v) is 0.590. The summed E-state index contributed by atoms with van der Waals surface area (Å²) in [7, 11) is 0. The number of nitrogen functional groups attached to an aromatic ring is 1. The predicted molar refractivity (Wildman–Crippen MR) is 23.8 cm³/mol. The van der Waals surface area contributed by atoms with Gasteiger partial charge in [-0.05, 0) is 0 Å². The molecule has 1 rings (SSSR count). The zero-order valence-corrected chi connectivity index (χ0v) is 3.57. The van der Waals surface area contributed by atoms with Crippen molar-refractivity contribution < 1.29 is 5.21 Å². The Morgan fingerprint density at radius 2 is 2.57 bits per heavy atom. The number of aromatic nitrogens is 2. The lowest BCUT2D eigenvalue weighted by Crippen LogP contribution is -1.87. The van der Waals surface area contributed by atoms with E-state index in [1.54, 1.807) is 0 Å². The van der Waals surface area contributed by atoms with E-state index in [2.05, 4.69) is 5.10 Å². The minimum Gasteiger partial charge on any atom is -0.412 e. The molecule has 1 heterocycles. The van der Waals surface area contributed by atoms with Crippen LogP contribution in [-0.4, -0.2) is 15.2 Å². The van der Waals surface area contributed by atoms with Crippen LogP contribution in [0.2, 0.25) is 0 Å². The topological polar surface area (TPSA) is 64.1 Å². The summed E-state index contributed by atoms with van der Waals surface area (Å²) in [6.45, 7) is 0.